The van der Waals surface area contributed by atoms with E-state index in [1.807, 2.05) is 18.2 Å². The second kappa shape index (κ2) is 5.86. The van der Waals surface area contributed by atoms with E-state index in [-0.39, 0.29) is 0 Å². The topological polar surface area (TPSA) is 21.3 Å². The molecule has 3 heteroatoms. The number of rotatable bonds is 5. The lowest BCUT2D eigenvalue weighted by Crippen LogP contribution is -2.04. The van der Waals surface area contributed by atoms with Gasteiger partial charge in [-0.25, -0.2) is 0 Å². The van der Waals surface area contributed by atoms with Crippen molar-refractivity contribution in [3.8, 4) is 5.75 Å². The summed E-state index contributed by atoms with van der Waals surface area (Å²) in [4.78, 5) is 0. The minimum Gasteiger partial charge on any atom is -0.495 e. The van der Waals surface area contributed by atoms with Crippen molar-refractivity contribution in [2.24, 2.45) is 5.92 Å². The summed E-state index contributed by atoms with van der Waals surface area (Å²) >= 11 is 6.01. The highest BCUT2D eigenvalue weighted by Gasteiger charge is 2.01. The highest BCUT2D eigenvalue weighted by Crippen LogP contribution is 2.27. The van der Waals surface area contributed by atoms with Gasteiger partial charge in [-0.3, -0.25) is 0 Å². The molecule has 1 aromatic carbocycles. The first-order valence-electron chi connectivity index (χ1n) is 5.21. The molecule has 0 spiro atoms. The monoisotopic (exact) mass is 227 g/mol. The fourth-order valence-corrected chi connectivity index (χ4v) is 1.54. The standard InChI is InChI=1S/C12H18ClNO/c1-9(2)6-7-14-10-4-5-12(15-3)11(13)8-10/h4-5,8-9,14H,6-7H2,1-3H3. The first kappa shape index (κ1) is 12.2. The molecule has 0 aliphatic heterocycles. The number of halogens is 1. The van der Waals surface area contributed by atoms with Crippen LogP contribution in [0.15, 0.2) is 18.2 Å². The van der Waals surface area contributed by atoms with E-state index >= 15 is 0 Å². The first-order valence-corrected chi connectivity index (χ1v) is 5.58. The number of hydrogen-bond donors (Lipinski definition) is 1. The van der Waals surface area contributed by atoms with E-state index < -0.39 is 0 Å². The number of anilines is 1. The summed E-state index contributed by atoms with van der Waals surface area (Å²) < 4.78 is 5.08. The van der Waals surface area contributed by atoms with Crippen LogP contribution in [0.2, 0.25) is 5.02 Å². The predicted molar refractivity (Wildman–Crippen MR) is 65.9 cm³/mol. The first-order chi connectivity index (χ1) is 7.13. The fraction of sp³-hybridized carbons (Fsp3) is 0.500. The average Bonchev–Trinajstić information content (AvgIpc) is 2.17. The molecule has 0 unspecified atom stereocenters. The molecule has 84 valence electrons. The van der Waals surface area contributed by atoms with Crippen LogP contribution in [0.1, 0.15) is 20.3 Å². The van der Waals surface area contributed by atoms with Crippen LogP contribution in [0.25, 0.3) is 0 Å². The number of hydrogen-bond acceptors (Lipinski definition) is 2. The summed E-state index contributed by atoms with van der Waals surface area (Å²) in [7, 11) is 1.62. The van der Waals surface area contributed by atoms with Crippen molar-refractivity contribution < 1.29 is 4.74 Å². The molecule has 0 aliphatic rings. The van der Waals surface area contributed by atoms with Crippen LogP contribution in [-0.2, 0) is 0 Å². The number of ether oxygens (including phenoxy) is 1. The van der Waals surface area contributed by atoms with Crippen LogP contribution in [0.5, 0.6) is 5.75 Å². The molecule has 0 aromatic heterocycles. The van der Waals surface area contributed by atoms with Crippen molar-refractivity contribution in [2.75, 3.05) is 19.0 Å². The zero-order valence-corrected chi connectivity index (χ0v) is 10.3. The molecule has 1 N–H and O–H groups in total. The Hall–Kier alpha value is -0.890. The smallest absolute Gasteiger partial charge is 0.137 e. The van der Waals surface area contributed by atoms with Gasteiger partial charge in [0.15, 0.2) is 0 Å². The minimum absolute atomic E-state index is 0.645. The third-order valence-corrected chi connectivity index (χ3v) is 2.50. The lowest BCUT2D eigenvalue weighted by Gasteiger charge is -2.10. The normalized spacial score (nSPS) is 10.5. The van der Waals surface area contributed by atoms with Crippen molar-refractivity contribution in [1.82, 2.24) is 0 Å². The Bertz CT molecular complexity index is 312. The van der Waals surface area contributed by atoms with Crippen LogP contribution >= 0.6 is 11.6 Å². The number of benzene rings is 1. The molecule has 0 fully saturated rings. The molecule has 0 atom stereocenters. The molecule has 1 aromatic rings. The molecule has 0 aliphatic carbocycles. The van der Waals surface area contributed by atoms with Crippen LogP contribution in [0.4, 0.5) is 5.69 Å². The van der Waals surface area contributed by atoms with Gasteiger partial charge >= 0.3 is 0 Å². The molecule has 2 nitrogen and oxygen atoms in total. The van der Waals surface area contributed by atoms with Crippen molar-refractivity contribution >= 4 is 17.3 Å². The maximum absolute atomic E-state index is 6.01. The van der Waals surface area contributed by atoms with Gasteiger partial charge in [-0.1, -0.05) is 25.4 Å². The van der Waals surface area contributed by atoms with Gasteiger partial charge in [-0.15, -0.1) is 0 Å². The van der Waals surface area contributed by atoms with Crippen molar-refractivity contribution in [3.05, 3.63) is 23.2 Å². The molecular formula is C12H18ClNO. The van der Waals surface area contributed by atoms with Gasteiger partial charge < -0.3 is 10.1 Å². The zero-order chi connectivity index (χ0) is 11.3. The second-order valence-corrected chi connectivity index (χ2v) is 4.37. The van der Waals surface area contributed by atoms with E-state index in [2.05, 4.69) is 19.2 Å². The average molecular weight is 228 g/mol. The Kier molecular flexibility index (Phi) is 4.76. The molecule has 0 saturated carbocycles. The Labute approximate surface area is 96.6 Å². The largest absolute Gasteiger partial charge is 0.495 e. The molecule has 0 bridgehead atoms. The third kappa shape index (κ3) is 4.00. The molecule has 0 amide bonds. The zero-order valence-electron chi connectivity index (χ0n) is 9.51. The molecule has 0 radical (unpaired) electrons. The van der Waals surface area contributed by atoms with Gasteiger partial charge in [0.05, 0.1) is 12.1 Å². The van der Waals surface area contributed by atoms with Gasteiger partial charge in [0.25, 0.3) is 0 Å². The Balaban J connectivity index is 2.52. The van der Waals surface area contributed by atoms with E-state index in [1.54, 1.807) is 7.11 Å². The molecule has 1 rings (SSSR count). The fourth-order valence-electron chi connectivity index (χ4n) is 1.28. The Morgan fingerprint density at radius 3 is 2.67 bits per heavy atom. The summed E-state index contributed by atoms with van der Waals surface area (Å²) in [6, 6.07) is 5.74. The highest BCUT2D eigenvalue weighted by atomic mass is 35.5. The van der Waals surface area contributed by atoms with Crippen LogP contribution in [-0.4, -0.2) is 13.7 Å². The van der Waals surface area contributed by atoms with E-state index in [0.29, 0.717) is 16.7 Å². The molecular weight excluding hydrogens is 210 g/mol. The van der Waals surface area contributed by atoms with E-state index in [0.717, 1.165) is 18.7 Å². The van der Waals surface area contributed by atoms with Crippen molar-refractivity contribution in [2.45, 2.75) is 20.3 Å². The van der Waals surface area contributed by atoms with E-state index in [4.69, 9.17) is 16.3 Å². The summed E-state index contributed by atoms with van der Waals surface area (Å²) in [6.45, 7) is 5.39. The van der Waals surface area contributed by atoms with Crippen molar-refractivity contribution in [1.29, 1.82) is 0 Å². The maximum atomic E-state index is 6.01. The summed E-state index contributed by atoms with van der Waals surface area (Å²) in [6.07, 6.45) is 1.16. The molecule has 0 saturated heterocycles. The second-order valence-electron chi connectivity index (χ2n) is 3.96. The third-order valence-electron chi connectivity index (χ3n) is 2.20. The number of methoxy groups -OCH3 is 1. The highest BCUT2D eigenvalue weighted by molar-refractivity contribution is 6.32. The molecule has 0 heterocycles. The van der Waals surface area contributed by atoms with Gasteiger partial charge in [0.1, 0.15) is 5.75 Å². The lowest BCUT2D eigenvalue weighted by atomic mass is 10.1. The Morgan fingerprint density at radius 1 is 1.40 bits per heavy atom. The molecule has 15 heavy (non-hydrogen) atoms. The minimum atomic E-state index is 0.645. The Morgan fingerprint density at radius 2 is 2.13 bits per heavy atom. The van der Waals surface area contributed by atoms with Crippen molar-refractivity contribution in [3.63, 3.8) is 0 Å². The van der Waals surface area contributed by atoms with E-state index in [1.165, 1.54) is 0 Å². The van der Waals surface area contributed by atoms with Crippen LogP contribution in [0, 0.1) is 5.92 Å². The van der Waals surface area contributed by atoms with Crippen LogP contribution in [0.3, 0.4) is 0 Å². The number of nitrogens with one attached hydrogen (secondary N) is 1. The summed E-state index contributed by atoms with van der Waals surface area (Å²) in [5, 5.41) is 3.97. The van der Waals surface area contributed by atoms with E-state index in [9.17, 15) is 0 Å². The van der Waals surface area contributed by atoms with Crippen LogP contribution < -0.4 is 10.1 Å². The quantitative estimate of drug-likeness (QED) is 0.826. The predicted octanol–water partition coefficient (Wildman–Crippen LogP) is 3.81. The van der Waals surface area contributed by atoms with Gasteiger partial charge in [0.2, 0.25) is 0 Å². The summed E-state index contributed by atoms with van der Waals surface area (Å²) in [5.41, 5.74) is 1.04. The SMILES string of the molecule is COc1ccc(NCCC(C)C)cc1Cl. The maximum Gasteiger partial charge on any atom is 0.137 e. The van der Waals surface area contributed by atoms with Gasteiger partial charge in [-0.05, 0) is 30.5 Å². The summed E-state index contributed by atoms with van der Waals surface area (Å²) in [5.74, 6) is 1.43. The van der Waals surface area contributed by atoms with Gasteiger partial charge in [-0.2, -0.15) is 0 Å². The van der Waals surface area contributed by atoms with Gasteiger partial charge in [0, 0.05) is 12.2 Å². The lowest BCUT2D eigenvalue weighted by molar-refractivity contribution is 0.415.